The molecule has 0 amide bonds. The predicted molar refractivity (Wildman–Crippen MR) is 144 cm³/mol. The fourth-order valence-corrected chi connectivity index (χ4v) is 3.39. The van der Waals surface area contributed by atoms with E-state index in [9.17, 15) is 24.3 Å². The zero-order valence-corrected chi connectivity index (χ0v) is 24.3. The fourth-order valence-electron chi connectivity index (χ4n) is 3.39. The Labute approximate surface area is 235 Å². The summed E-state index contributed by atoms with van der Waals surface area (Å²) in [7, 11) is 0. The number of rotatable bonds is 15. The second-order valence-electron chi connectivity index (χ2n) is 10.0. The number of hydrogen-bond acceptors (Lipinski definition) is 11. The fraction of sp³-hybridized carbons (Fsp3) is 0.643. The molecule has 1 aromatic carbocycles. The second kappa shape index (κ2) is 17.2. The highest BCUT2D eigenvalue weighted by Crippen LogP contribution is 2.36. The van der Waals surface area contributed by atoms with Crippen LogP contribution in [0.2, 0.25) is 0 Å². The van der Waals surface area contributed by atoms with Crippen LogP contribution in [-0.2, 0) is 23.7 Å². The van der Waals surface area contributed by atoms with Crippen molar-refractivity contribution in [2.75, 3.05) is 13.2 Å². The van der Waals surface area contributed by atoms with Crippen LogP contribution in [0.4, 0.5) is 14.4 Å². The van der Waals surface area contributed by atoms with Crippen molar-refractivity contribution in [2.45, 2.75) is 91.9 Å². The molecule has 0 radical (unpaired) electrons. The van der Waals surface area contributed by atoms with Crippen LogP contribution in [0.1, 0.15) is 79.2 Å². The molecule has 0 saturated heterocycles. The lowest BCUT2D eigenvalue weighted by molar-refractivity contribution is -0.139. The van der Waals surface area contributed by atoms with Gasteiger partial charge in [0.05, 0.1) is 13.2 Å². The predicted octanol–water partition coefficient (Wildman–Crippen LogP) is 5.65. The smallest absolute Gasteiger partial charge is 0.480 e. The second-order valence-corrected chi connectivity index (χ2v) is 10.0. The van der Waals surface area contributed by atoms with Gasteiger partial charge in [-0.2, -0.15) is 0 Å². The molecule has 0 aliphatic carbocycles. The van der Waals surface area contributed by atoms with Crippen LogP contribution in [-0.4, -0.2) is 61.0 Å². The molecule has 1 rings (SSSR count). The topological polar surface area (TPSA) is 170 Å². The van der Waals surface area contributed by atoms with Gasteiger partial charge in [0.1, 0.15) is 18.2 Å². The van der Waals surface area contributed by atoms with Crippen molar-refractivity contribution in [2.24, 2.45) is 17.6 Å². The summed E-state index contributed by atoms with van der Waals surface area (Å²) >= 11 is 0. The van der Waals surface area contributed by atoms with Crippen LogP contribution < -0.4 is 15.2 Å². The first-order chi connectivity index (χ1) is 18.8. The maximum Gasteiger partial charge on any atom is 0.514 e. The van der Waals surface area contributed by atoms with Crippen molar-refractivity contribution in [1.29, 1.82) is 0 Å². The third-order valence-corrected chi connectivity index (χ3v) is 6.15. The Morgan fingerprint density at radius 2 is 1.38 bits per heavy atom. The Hall–Kier alpha value is -3.54. The lowest BCUT2D eigenvalue weighted by Crippen LogP contribution is -2.40. The van der Waals surface area contributed by atoms with Gasteiger partial charge in [-0.15, -0.1) is 0 Å². The molecular weight excluding hydrogens is 526 g/mol. The Morgan fingerprint density at radius 1 is 0.825 bits per heavy atom. The molecule has 12 heteroatoms. The molecule has 0 aromatic heterocycles. The number of benzene rings is 1. The minimum Gasteiger partial charge on any atom is -0.480 e. The Balaban J connectivity index is 3.27. The molecule has 0 bridgehead atoms. The number of carbonyl (C=O) groups excluding carboxylic acids is 3. The number of nitrogens with two attached hydrogens (primary N) is 1. The van der Waals surface area contributed by atoms with Crippen LogP contribution in [0.3, 0.4) is 0 Å². The zero-order chi connectivity index (χ0) is 30.4. The van der Waals surface area contributed by atoms with E-state index >= 15 is 0 Å². The average molecular weight is 570 g/mol. The van der Waals surface area contributed by atoms with Crippen LogP contribution in [0.15, 0.2) is 18.2 Å². The Morgan fingerprint density at radius 3 is 1.88 bits per heavy atom. The molecular formula is C28H43NO11. The first kappa shape index (κ1) is 34.5. The molecule has 0 aliphatic heterocycles. The summed E-state index contributed by atoms with van der Waals surface area (Å²) in [6.45, 7) is 12.6. The van der Waals surface area contributed by atoms with E-state index in [1.165, 1.54) is 18.2 Å². The number of carboxylic acid groups (broad SMARTS) is 1. The van der Waals surface area contributed by atoms with Gasteiger partial charge in [-0.1, -0.05) is 40.7 Å². The van der Waals surface area contributed by atoms with E-state index in [0.29, 0.717) is 30.7 Å². The van der Waals surface area contributed by atoms with E-state index in [1.807, 2.05) is 27.7 Å². The molecule has 3 N–H and O–H groups in total. The maximum absolute atomic E-state index is 12.4. The summed E-state index contributed by atoms with van der Waals surface area (Å²) in [5.74, 6) is -2.84. The van der Waals surface area contributed by atoms with Crippen LogP contribution in [0, 0.1) is 11.8 Å². The third kappa shape index (κ3) is 12.1. The zero-order valence-electron chi connectivity index (χ0n) is 24.3. The summed E-state index contributed by atoms with van der Waals surface area (Å²) in [6, 6.07) is 2.71. The molecule has 226 valence electrons. The number of ether oxygens (including phenoxy) is 6. The standard InChI is InChI=1S/C28H43NO11/c1-8-18(6)37-27(33)39-21-11-10-20(14-22(21)40-28(34)38-19(7)9-2)23(24(29)25(30)31)17(5)15-36-26(32)35-13-12-16(3)4/h10-11,14,16-19,23-24H,8-9,12-13,15,29H2,1-7H3,(H,30,31)/t17?,18?,19?,23?,24-/m0/s1. The Kier molecular flexibility index (Phi) is 14.8. The maximum atomic E-state index is 12.4. The first-order valence-corrected chi connectivity index (χ1v) is 13.5. The third-order valence-electron chi connectivity index (χ3n) is 6.15. The molecule has 1 aromatic rings. The van der Waals surface area contributed by atoms with Crippen molar-refractivity contribution in [3.05, 3.63) is 23.8 Å². The monoisotopic (exact) mass is 569 g/mol. The molecule has 4 unspecified atom stereocenters. The molecule has 0 heterocycles. The van der Waals surface area contributed by atoms with Gasteiger partial charge in [-0.3, -0.25) is 4.79 Å². The highest BCUT2D eigenvalue weighted by molar-refractivity contribution is 5.75. The van der Waals surface area contributed by atoms with E-state index in [-0.39, 0.29) is 24.7 Å². The molecule has 0 aliphatic rings. The van der Waals surface area contributed by atoms with E-state index < -0.39 is 54.5 Å². The van der Waals surface area contributed by atoms with Gasteiger partial charge in [-0.05, 0) is 62.6 Å². The summed E-state index contributed by atoms with van der Waals surface area (Å²) in [5.41, 5.74) is 6.36. The largest absolute Gasteiger partial charge is 0.514 e. The van der Waals surface area contributed by atoms with Crippen molar-refractivity contribution in [3.63, 3.8) is 0 Å². The van der Waals surface area contributed by atoms with Gasteiger partial charge in [-0.25, -0.2) is 14.4 Å². The lowest BCUT2D eigenvalue weighted by Gasteiger charge is -2.28. The number of hydrogen-bond donors (Lipinski definition) is 2. The number of aliphatic carboxylic acids is 1. The highest BCUT2D eigenvalue weighted by atomic mass is 16.8. The Bertz CT molecular complexity index is 981. The molecule has 0 spiro atoms. The minimum atomic E-state index is -1.42. The molecule has 12 nitrogen and oxygen atoms in total. The normalized spacial score (nSPS) is 14.7. The lowest BCUT2D eigenvalue weighted by atomic mass is 9.82. The molecule has 0 saturated carbocycles. The quantitative estimate of drug-likeness (QED) is 0.151. The van der Waals surface area contributed by atoms with Gasteiger partial charge in [0.2, 0.25) is 0 Å². The summed E-state index contributed by atoms with van der Waals surface area (Å²) < 4.78 is 31.1. The average Bonchev–Trinajstić information content (AvgIpc) is 2.88. The molecule has 40 heavy (non-hydrogen) atoms. The number of carboxylic acids is 1. The van der Waals surface area contributed by atoms with Crippen LogP contribution in [0.25, 0.3) is 0 Å². The minimum absolute atomic E-state index is 0.154. The van der Waals surface area contributed by atoms with Gasteiger partial charge in [0.25, 0.3) is 0 Å². The van der Waals surface area contributed by atoms with E-state index in [2.05, 4.69) is 0 Å². The van der Waals surface area contributed by atoms with Crippen molar-refractivity contribution < 1.29 is 52.7 Å². The van der Waals surface area contributed by atoms with Gasteiger partial charge in [0.15, 0.2) is 11.5 Å². The molecule has 5 atom stereocenters. The van der Waals surface area contributed by atoms with E-state index in [0.717, 1.165) is 0 Å². The molecule has 0 fully saturated rings. The van der Waals surface area contributed by atoms with Crippen molar-refractivity contribution in [1.82, 2.24) is 0 Å². The van der Waals surface area contributed by atoms with Gasteiger partial charge in [0, 0.05) is 5.92 Å². The van der Waals surface area contributed by atoms with E-state index in [4.69, 9.17) is 34.2 Å². The number of carbonyl (C=O) groups is 4. The van der Waals surface area contributed by atoms with Crippen LogP contribution >= 0.6 is 0 Å². The summed E-state index contributed by atoms with van der Waals surface area (Å²) in [5, 5.41) is 9.68. The summed E-state index contributed by atoms with van der Waals surface area (Å²) in [4.78, 5) is 48.5. The van der Waals surface area contributed by atoms with E-state index in [1.54, 1.807) is 20.8 Å². The van der Waals surface area contributed by atoms with Crippen molar-refractivity contribution >= 4 is 24.4 Å². The van der Waals surface area contributed by atoms with Gasteiger partial charge >= 0.3 is 24.4 Å². The summed E-state index contributed by atoms with van der Waals surface area (Å²) in [6.07, 6.45) is -2.05. The highest BCUT2D eigenvalue weighted by Gasteiger charge is 2.33. The SMILES string of the molecule is CCC(C)OC(=O)Oc1ccc(C(C(C)COC(=O)OCCC(C)C)[C@H](N)C(=O)O)cc1OC(=O)OC(C)CC. The van der Waals surface area contributed by atoms with Gasteiger partial charge < -0.3 is 39.3 Å². The first-order valence-electron chi connectivity index (χ1n) is 13.5. The van der Waals surface area contributed by atoms with Crippen molar-refractivity contribution in [3.8, 4) is 11.5 Å². The van der Waals surface area contributed by atoms with Crippen LogP contribution in [0.5, 0.6) is 11.5 Å².